The summed E-state index contributed by atoms with van der Waals surface area (Å²) in [5.41, 5.74) is 0. The van der Waals surface area contributed by atoms with Crippen molar-refractivity contribution in [1.82, 2.24) is 0 Å². The smallest absolute Gasteiger partial charge is 0 e. The van der Waals surface area contributed by atoms with Gasteiger partial charge in [-0.25, -0.2) is 0 Å². The van der Waals surface area contributed by atoms with Crippen molar-refractivity contribution >= 4 is 20.7 Å². The highest BCUT2D eigenvalue weighted by molar-refractivity contribution is 6.92. The average molecular weight is 159 g/mol. The van der Waals surface area contributed by atoms with Crippen LogP contribution in [0.3, 0.4) is 0 Å². The molecule has 0 fully saturated rings. The van der Waals surface area contributed by atoms with Gasteiger partial charge in [0.25, 0.3) is 0 Å². The Morgan fingerprint density at radius 2 is 0.818 bits per heavy atom. The molecule has 0 bridgehead atoms. The maximum absolute atomic E-state index is 2.12. The number of hydrogen-bond donors (Lipinski definition) is 0. The predicted molar refractivity (Wildman–Crippen MR) is 50.9 cm³/mol. The number of rotatable bonds is 0. The SMILES string of the molecule is [P].c1ccc2ccccc2c1. The second-order valence-electron chi connectivity index (χ2n) is 2.35. The van der Waals surface area contributed by atoms with Crippen LogP contribution in [-0.2, 0) is 0 Å². The van der Waals surface area contributed by atoms with E-state index in [1.165, 1.54) is 10.8 Å². The molecular weight excluding hydrogens is 151 g/mol. The fourth-order valence-corrected chi connectivity index (χ4v) is 1.13. The summed E-state index contributed by atoms with van der Waals surface area (Å²) in [6.45, 7) is 0. The summed E-state index contributed by atoms with van der Waals surface area (Å²) in [7, 11) is 0. The number of hydrogen-bond acceptors (Lipinski definition) is 0. The van der Waals surface area contributed by atoms with E-state index in [0.717, 1.165) is 0 Å². The summed E-state index contributed by atoms with van der Waals surface area (Å²) < 4.78 is 0. The zero-order valence-corrected chi connectivity index (χ0v) is 6.96. The predicted octanol–water partition coefficient (Wildman–Crippen LogP) is 3.70. The molecule has 0 unspecified atom stereocenters. The maximum Gasteiger partial charge on any atom is 0 e. The van der Waals surface area contributed by atoms with Crippen LogP contribution in [0.2, 0.25) is 0 Å². The second kappa shape index (κ2) is 3.50. The molecule has 2 rings (SSSR count). The first-order chi connectivity index (χ1) is 4.97. The van der Waals surface area contributed by atoms with Gasteiger partial charge in [0.15, 0.2) is 0 Å². The van der Waals surface area contributed by atoms with Crippen LogP contribution in [0.1, 0.15) is 0 Å². The quantitative estimate of drug-likeness (QED) is 0.514. The van der Waals surface area contributed by atoms with E-state index < -0.39 is 0 Å². The molecule has 0 heterocycles. The summed E-state index contributed by atoms with van der Waals surface area (Å²) in [6.07, 6.45) is 0. The Morgan fingerprint density at radius 3 is 1.09 bits per heavy atom. The van der Waals surface area contributed by atoms with Crippen molar-refractivity contribution in [3.63, 3.8) is 0 Å². The van der Waals surface area contributed by atoms with Crippen LogP contribution >= 0.6 is 9.90 Å². The molecule has 0 aliphatic rings. The van der Waals surface area contributed by atoms with E-state index in [4.69, 9.17) is 0 Å². The molecule has 0 aromatic heterocycles. The second-order valence-corrected chi connectivity index (χ2v) is 2.35. The molecule has 0 amide bonds. The Hall–Kier alpha value is -0.870. The van der Waals surface area contributed by atoms with Gasteiger partial charge in [0.2, 0.25) is 0 Å². The normalized spacial score (nSPS) is 9.09. The number of benzene rings is 2. The lowest BCUT2D eigenvalue weighted by Crippen LogP contribution is -1.67. The Labute approximate surface area is 69.9 Å². The van der Waals surface area contributed by atoms with Crippen LogP contribution in [0.4, 0.5) is 0 Å². The van der Waals surface area contributed by atoms with E-state index >= 15 is 0 Å². The van der Waals surface area contributed by atoms with Crippen LogP contribution in [0.15, 0.2) is 48.5 Å². The summed E-state index contributed by atoms with van der Waals surface area (Å²) >= 11 is 0. The van der Waals surface area contributed by atoms with Gasteiger partial charge in [-0.2, -0.15) is 0 Å². The molecule has 1 heteroatoms. The van der Waals surface area contributed by atoms with Crippen molar-refractivity contribution in [3.05, 3.63) is 48.5 Å². The lowest BCUT2D eigenvalue weighted by molar-refractivity contribution is 1.75. The Morgan fingerprint density at radius 1 is 0.545 bits per heavy atom. The van der Waals surface area contributed by atoms with Gasteiger partial charge >= 0.3 is 0 Å². The van der Waals surface area contributed by atoms with Gasteiger partial charge in [-0.3, -0.25) is 0 Å². The molecule has 2 aromatic rings. The first kappa shape index (κ1) is 8.23. The van der Waals surface area contributed by atoms with E-state index in [0.29, 0.717) is 0 Å². The first-order valence-electron chi connectivity index (χ1n) is 3.40. The highest BCUT2D eigenvalue weighted by atomic mass is 31.0. The van der Waals surface area contributed by atoms with Gasteiger partial charge in [-0.1, -0.05) is 48.5 Å². The maximum atomic E-state index is 2.12. The van der Waals surface area contributed by atoms with Crippen molar-refractivity contribution in [1.29, 1.82) is 0 Å². The third kappa shape index (κ3) is 1.58. The molecule has 53 valence electrons. The largest absolute Gasteiger partial charge is 0.0616 e. The Kier molecular flexibility index (Phi) is 2.62. The van der Waals surface area contributed by atoms with E-state index in [9.17, 15) is 0 Å². The van der Waals surface area contributed by atoms with E-state index in [1.807, 2.05) is 0 Å². The minimum atomic E-state index is 0. The van der Waals surface area contributed by atoms with E-state index in [1.54, 1.807) is 0 Å². The highest BCUT2D eigenvalue weighted by Gasteiger charge is 1.85. The molecule has 2 aromatic carbocycles. The molecule has 0 N–H and O–H groups in total. The van der Waals surface area contributed by atoms with Gasteiger partial charge in [-0.15, -0.1) is 0 Å². The molecule has 0 nitrogen and oxygen atoms in total. The van der Waals surface area contributed by atoms with Crippen LogP contribution in [0.5, 0.6) is 0 Å². The zero-order valence-electron chi connectivity index (χ0n) is 6.07. The zero-order chi connectivity index (χ0) is 6.81. The molecule has 0 spiro atoms. The molecule has 0 aliphatic heterocycles. The van der Waals surface area contributed by atoms with Gasteiger partial charge in [0, 0.05) is 9.90 Å². The third-order valence-electron chi connectivity index (χ3n) is 1.66. The summed E-state index contributed by atoms with van der Waals surface area (Å²) in [5.74, 6) is 0. The van der Waals surface area contributed by atoms with Crippen LogP contribution in [0.25, 0.3) is 10.8 Å². The minimum absolute atomic E-state index is 0. The first-order valence-corrected chi connectivity index (χ1v) is 3.40. The summed E-state index contributed by atoms with van der Waals surface area (Å²) in [4.78, 5) is 0. The summed E-state index contributed by atoms with van der Waals surface area (Å²) in [5, 5.41) is 2.62. The van der Waals surface area contributed by atoms with Crippen LogP contribution < -0.4 is 0 Å². The number of fused-ring (bicyclic) bond motifs is 1. The van der Waals surface area contributed by atoms with Crippen molar-refractivity contribution < 1.29 is 0 Å². The topological polar surface area (TPSA) is 0 Å². The molecule has 0 saturated carbocycles. The monoisotopic (exact) mass is 159 g/mol. The minimum Gasteiger partial charge on any atom is -0.0616 e. The lowest BCUT2D eigenvalue weighted by atomic mass is 10.1. The standard InChI is InChI=1S/C10H8.P/c1-2-6-10-8-4-3-7-9(10)5-1;/h1-8H;. The van der Waals surface area contributed by atoms with Crippen molar-refractivity contribution in [2.45, 2.75) is 0 Å². The average Bonchev–Trinajstić information content (AvgIpc) is 2.05. The fourth-order valence-electron chi connectivity index (χ4n) is 1.13. The summed E-state index contributed by atoms with van der Waals surface area (Å²) in [6, 6.07) is 16.7. The van der Waals surface area contributed by atoms with Gasteiger partial charge in [-0.05, 0) is 10.8 Å². The molecule has 0 aliphatic carbocycles. The molecule has 3 radical (unpaired) electrons. The van der Waals surface area contributed by atoms with Crippen molar-refractivity contribution in [2.24, 2.45) is 0 Å². The molecule has 0 saturated heterocycles. The molecule has 11 heavy (non-hydrogen) atoms. The molecular formula is C10H8P. The van der Waals surface area contributed by atoms with Crippen molar-refractivity contribution in [2.75, 3.05) is 0 Å². The van der Waals surface area contributed by atoms with Crippen LogP contribution in [-0.4, -0.2) is 0 Å². The van der Waals surface area contributed by atoms with Crippen LogP contribution in [0, 0.1) is 0 Å². The van der Waals surface area contributed by atoms with Gasteiger partial charge in [0.1, 0.15) is 0 Å². The van der Waals surface area contributed by atoms with E-state index in [2.05, 4.69) is 48.5 Å². The van der Waals surface area contributed by atoms with Crippen molar-refractivity contribution in [3.8, 4) is 0 Å². The van der Waals surface area contributed by atoms with E-state index in [-0.39, 0.29) is 9.90 Å². The molecule has 0 atom stereocenters. The lowest BCUT2D eigenvalue weighted by Gasteiger charge is -1.92. The van der Waals surface area contributed by atoms with Gasteiger partial charge < -0.3 is 0 Å². The Balaban J connectivity index is 0.000000605. The highest BCUT2D eigenvalue weighted by Crippen LogP contribution is 2.11. The Bertz CT molecular complexity index is 276. The third-order valence-corrected chi connectivity index (χ3v) is 1.66. The van der Waals surface area contributed by atoms with Gasteiger partial charge in [0.05, 0.1) is 0 Å². The fraction of sp³-hybridized carbons (Fsp3) is 0.